The van der Waals surface area contributed by atoms with Crippen molar-refractivity contribution >= 4 is 35.2 Å². The molecule has 0 fully saturated rings. The lowest BCUT2D eigenvalue weighted by Gasteiger charge is -1.97. The van der Waals surface area contributed by atoms with Gasteiger partial charge < -0.3 is 10.7 Å². The third-order valence-corrected chi connectivity index (χ3v) is 3.68. The lowest BCUT2D eigenvalue weighted by Crippen LogP contribution is -2.09. The maximum absolute atomic E-state index is 11.1. The largest absolute Gasteiger partial charge is 0.383 e. The average molecular weight is 253 g/mol. The van der Waals surface area contributed by atoms with Gasteiger partial charge in [0.15, 0.2) is 11.4 Å². The third kappa shape index (κ3) is 2.50. The molecule has 0 aliphatic carbocycles. The van der Waals surface area contributed by atoms with E-state index in [0.717, 1.165) is 10.5 Å². The SMILES string of the molecule is Nc1cc(=O)[nH]c(Sc2ccc(C=O)s2)n1. The number of nitrogen functional groups attached to an aromatic ring is 1. The summed E-state index contributed by atoms with van der Waals surface area (Å²) < 4.78 is 0.871. The van der Waals surface area contributed by atoms with Crippen LogP contribution < -0.4 is 11.3 Å². The van der Waals surface area contributed by atoms with E-state index in [2.05, 4.69) is 9.97 Å². The number of nitrogens with one attached hydrogen (secondary N) is 1. The Balaban J connectivity index is 2.26. The van der Waals surface area contributed by atoms with Crippen molar-refractivity contribution in [2.75, 3.05) is 5.73 Å². The molecule has 0 spiro atoms. The zero-order chi connectivity index (χ0) is 11.5. The molecule has 0 amide bonds. The first-order valence-electron chi connectivity index (χ1n) is 4.27. The van der Waals surface area contributed by atoms with E-state index in [1.54, 1.807) is 12.1 Å². The topological polar surface area (TPSA) is 88.8 Å². The van der Waals surface area contributed by atoms with Gasteiger partial charge in [0.2, 0.25) is 0 Å². The molecule has 7 heteroatoms. The Hall–Kier alpha value is -1.60. The van der Waals surface area contributed by atoms with Crippen molar-refractivity contribution in [3.63, 3.8) is 0 Å². The second-order valence-corrected chi connectivity index (χ2v) is 5.26. The molecule has 0 aliphatic heterocycles. The van der Waals surface area contributed by atoms with Crippen molar-refractivity contribution in [3.8, 4) is 0 Å². The number of aromatic amines is 1. The average Bonchev–Trinajstić information content (AvgIpc) is 2.64. The number of hydrogen-bond donors (Lipinski definition) is 2. The smallest absolute Gasteiger partial charge is 0.253 e. The minimum absolute atomic E-state index is 0.179. The molecule has 2 aromatic rings. The molecule has 2 heterocycles. The number of nitrogens with zero attached hydrogens (tertiary/aromatic N) is 1. The van der Waals surface area contributed by atoms with Crippen LogP contribution in [-0.2, 0) is 0 Å². The summed E-state index contributed by atoms with van der Waals surface area (Å²) in [7, 11) is 0. The lowest BCUT2D eigenvalue weighted by atomic mass is 10.5. The first-order valence-corrected chi connectivity index (χ1v) is 5.90. The number of carbonyl (C=O) groups is 1. The Morgan fingerprint density at radius 2 is 2.31 bits per heavy atom. The number of rotatable bonds is 3. The van der Waals surface area contributed by atoms with E-state index >= 15 is 0 Å². The number of thiophene rings is 1. The van der Waals surface area contributed by atoms with Crippen LogP contribution in [-0.4, -0.2) is 16.3 Å². The Morgan fingerprint density at radius 1 is 1.50 bits per heavy atom. The molecule has 0 saturated carbocycles. The van der Waals surface area contributed by atoms with E-state index in [-0.39, 0.29) is 11.4 Å². The molecule has 0 aliphatic rings. The number of hydrogen-bond acceptors (Lipinski definition) is 6. The summed E-state index contributed by atoms with van der Waals surface area (Å²) in [4.78, 5) is 28.8. The molecule has 16 heavy (non-hydrogen) atoms. The van der Waals surface area contributed by atoms with E-state index < -0.39 is 0 Å². The number of anilines is 1. The minimum atomic E-state index is -0.290. The number of nitrogens with two attached hydrogens (primary N) is 1. The fourth-order valence-electron chi connectivity index (χ4n) is 1.05. The fraction of sp³-hybridized carbons (Fsp3) is 0. The Morgan fingerprint density at radius 3 is 2.94 bits per heavy atom. The highest BCUT2D eigenvalue weighted by Crippen LogP contribution is 2.30. The van der Waals surface area contributed by atoms with Crippen molar-refractivity contribution in [1.29, 1.82) is 0 Å². The van der Waals surface area contributed by atoms with E-state index in [1.165, 1.54) is 29.2 Å². The molecule has 0 saturated heterocycles. The van der Waals surface area contributed by atoms with Crippen molar-refractivity contribution in [3.05, 3.63) is 33.4 Å². The van der Waals surface area contributed by atoms with Crippen molar-refractivity contribution < 1.29 is 4.79 Å². The molecule has 2 rings (SSSR count). The summed E-state index contributed by atoms with van der Waals surface area (Å²) >= 11 is 2.60. The predicted molar refractivity (Wildman–Crippen MR) is 63.1 cm³/mol. The van der Waals surface area contributed by atoms with E-state index in [0.29, 0.717) is 10.0 Å². The van der Waals surface area contributed by atoms with Crippen molar-refractivity contribution in [1.82, 2.24) is 9.97 Å². The second-order valence-electron chi connectivity index (χ2n) is 2.85. The van der Waals surface area contributed by atoms with Crippen molar-refractivity contribution in [2.24, 2.45) is 0 Å². The van der Waals surface area contributed by atoms with Crippen LogP contribution in [0.5, 0.6) is 0 Å². The van der Waals surface area contributed by atoms with Gasteiger partial charge in [0.25, 0.3) is 5.56 Å². The summed E-state index contributed by atoms with van der Waals surface area (Å²) in [5.41, 5.74) is 5.16. The number of aldehydes is 1. The van der Waals surface area contributed by atoms with Gasteiger partial charge in [-0.25, -0.2) is 4.98 Å². The molecular formula is C9H7N3O2S2. The molecule has 2 aromatic heterocycles. The minimum Gasteiger partial charge on any atom is -0.383 e. The summed E-state index contributed by atoms with van der Waals surface area (Å²) in [5, 5.41) is 0.421. The molecule has 3 N–H and O–H groups in total. The highest BCUT2D eigenvalue weighted by molar-refractivity contribution is 8.01. The monoisotopic (exact) mass is 253 g/mol. The zero-order valence-corrected chi connectivity index (χ0v) is 9.60. The van der Waals surface area contributed by atoms with Gasteiger partial charge in [-0.15, -0.1) is 11.3 Å². The van der Waals surface area contributed by atoms with Crippen LogP contribution in [0.3, 0.4) is 0 Å². The van der Waals surface area contributed by atoms with Crippen LogP contribution in [0.4, 0.5) is 5.82 Å². The maximum atomic E-state index is 11.1. The standard InChI is InChI=1S/C9H7N3O2S2/c10-6-3-7(14)12-9(11-6)16-8-2-1-5(4-13)15-8/h1-4H,(H3,10,11,12,14). The van der Waals surface area contributed by atoms with Gasteiger partial charge in [0, 0.05) is 6.07 Å². The summed E-state index contributed by atoms with van der Waals surface area (Å²) in [5.74, 6) is 0.179. The van der Waals surface area contributed by atoms with Crippen LogP contribution in [0, 0.1) is 0 Å². The van der Waals surface area contributed by atoms with Crippen LogP contribution in [0.1, 0.15) is 9.67 Å². The predicted octanol–water partition coefficient (Wildman–Crippen LogP) is 1.38. The summed E-state index contributed by atoms with van der Waals surface area (Å²) in [6, 6.07) is 4.72. The fourth-order valence-corrected chi connectivity index (χ4v) is 2.92. The van der Waals surface area contributed by atoms with Crippen LogP contribution >= 0.6 is 23.1 Å². The molecule has 0 aromatic carbocycles. The van der Waals surface area contributed by atoms with Gasteiger partial charge in [0.1, 0.15) is 5.82 Å². The molecular weight excluding hydrogens is 246 g/mol. The Labute approximate surface area is 98.7 Å². The number of H-pyrrole nitrogens is 1. The first-order chi connectivity index (χ1) is 7.67. The van der Waals surface area contributed by atoms with Crippen molar-refractivity contribution in [2.45, 2.75) is 9.37 Å². The van der Waals surface area contributed by atoms with E-state index in [1.807, 2.05) is 0 Å². The summed E-state index contributed by atoms with van der Waals surface area (Å²) in [6.07, 6.45) is 0.782. The van der Waals surface area contributed by atoms with Gasteiger partial charge in [-0.2, -0.15) is 0 Å². The van der Waals surface area contributed by atoms with Gasteiger partial charge in [0.05, 0.1) is 9.09 Å². The molecule has 0 bridgehead atoms. The van der Waals surface area contributed by atoms with Gasteiger partial charge in [-0.05, 0) is 23.9 Å². The quantitative estimate of drug-likeness (QED) is 0.637. The third-order valence-electron chi connectivity index (χ3n) is 1.66. The van der Waals surface area contributed by atoms with Gasteiger partial charge in [-0.1, -0.05) is 0 Å². The zero-order valence-electron chi connectivity index (χ0n) is 7.97. The number of aromatic nitrogens is 2. The highest BCUT2D eigenvalue weighted by Gasteiger charge is 2.04. The second kappa shape index (κ2) is 4.50. The molecule has 82 valence electrons. The first kappa shape index (κ1) is 10.9. The number of carbonyl (C=O) groups excluding carboxylic acids is 1. The molecule has 0 atom stereocenters. The summed E-state index contributed by atoms with van der Waals surface area (Å²) in [6.45, 7) is 0. The van der Waals surface area contributed by atoms with Gasteiger partial charge in [-0.3, -0.25) is 9.59 Å². The Bertz CT molecular complexity index is 576. The maximum Gasteiger partial charge on any atom is 0.253 e. The lowest BCUT2D eigenvalue weighted by molar-refractivity contribution is 0.112. The molecule has 5 nitrogen and oxygen atoms in total. The van der Waals surface area contributed by atoms with Crippen LogP contribution in [0.15, 0.2) is 32.4 Å². The van der Waals surface area contributed by atoms with Crippen LogP contribution in [0.2, 0.25) is 0 Å². The van der Waals surface area contributed by atoms with Crippen LogP contribution in [0.25, 0.3) is 0 Å². The van der Waals surface area contributed by atoms with E-state index in [4.69, 9.17) is 5.73 Å². The van der Waals surface area contributed by atoms with E-state index in [9.17, 15) is 9.59 Å². The normalized spacial score (nSPS) is 10.2. The Kier molecular flexibility index (Phi) is 3.07. The molecule has 0 radical (unpaired) electrons. The molecule has 0 unspecified atom stereocenters. The van der Waals surface area contributed by atoms with Gasteiger partial charge >= 0.3 is 0 Å². The highest BCUT2D eigenvalue weighted by atomic mass is 32.2.